The van der Waals surface area contributed by atoms with Crippen molar-refractivity contribution in [3.63, 3.8) is 0 Å². The van der Waals surface area contributed by atoms with Gasteiger partial charge >= 0.3 is 0 Å². The van der Waals surface area contributed by atoms with Gasteiger partial charge in [-0.2, -0.15) is 4.98 Å². The van der Waals surface area contributed by atoms with Crippen LogP contribution in [0.1, 0.15) is 42.7 Å². The molecule has 0 saturated heterocycles. The third-order valence-corrected chi connectivity index (χ3v) is 4.15. The van der Waals surface area contributed by atoms with Gasteiger partial charge in [0, 0.05) is 0 Å². The van der Waals surface area contributed by atoms with Crippen molar-refractivity contribution >= 4 is 0 Å². The molecule has 1 aromatic heterocycles. The molecule has 112 valence electrons. The maximum absolute atomic E-state index is 6.26. The van der Waals surface area contributed by atoms with E-state index in [1.807, 2.05) is 6.07 Å². The third kappa shape index (κ3) is 2.78. The predicted molar refractivity (Wildman–Crippen MR) is 80.0 cm³/mol. The van der Waals surface area contributed by atoms with Gasteiger partial charge in [-0.1, -0.05) is 11.2 Å². The highest BCUT2D eigenvalue weighted by molar-refractivity contribution is 5.67. The molecule has 1 saturated carbocycles. The van der Waals surface area contributed by atoms with Crippen molar-refractivity contribution < 1.29 is 9.26 Å². The molecule has 0 bridgehead atoms. The molecule has 2 N–H and O–H groups in total. The smallest absolute Gasteiger partial charge is 0.240 e. The van der Waals surface area contributed by atoms with Crippen molar-refractivity contribution in [2.24, 2.45) is 5.73 Å². The Morgan fingerprint density at radius 2 is 2.05 bits per heavy atom. The zero-order valence-electron chi connectivity index (χ0n) is 12.6. The van der Waals surface area contributed by atoms with Gasteiger partial charge < -0.3 is 15.0 Å². The molecule has 21 heavy (non-hydrogen) atoms. The normalized spacial score (nSPS) is 15.6. The third-order valence-electron chi connectivity index (χ3n) is 4.15. The number of aromatic nitrogens is 2. The molecule has 0 radical (unpaired) electrons. The summed E-state index contributed by atoms with van der Waals surface area (Å²) in [4.78, 5) is 4.32. The van der Waals surface area contributed by atoms with E-state index in [2.05, 4.69) is 30.1 Å². The van der Waals surface area contributed by atoms with Gasteiger partial charge in [0.25, 0.3) is 0 Å². The first-order chi connectivity index (χ1) is 10.2. The molecule has 0 amide bonds. The summed E-state index contributed by atoms with van der Waals surface area (Å²) in [7, 11) is 0. The summed E-state index contributed by atoms with van der Waals surface area (Å²) in [5.74, 6) is 1.87. The van der Waals surface area contributed by atoms with E-state index in [1.165, 1.54) is 18.4 Å². The Labute approximate surface area is 124 Å². The van der Waals surface area contributed by atoms with Crippen LogP contribution in [0, 0.1) is 13.8 Å². The molecule has 1 fully saturated rings. The van der Waals surface area contributed by atoms with E-state index >= 15 is 0 Å². The highest BCUT2D eigenvalue weighted by Crippen LogP contribution is 2.36. The Morgan fingerprint density at radius 3 is 2.71 bits per heavy atom. The Balaban J connectivity index is 2.00. The number of nitrogens with two attached hydrogens (primary N) is 1. The molecular formula is C16H21N3O2. The Bertz CT molecular complexity index is 630. The lowest BCUT2D eigenvalue weighted by atomic mass is 10.0. The lowest BCUT2D eigenvalue weighted by Gasteiger charge is -2.18. The van der Waals surface area contributed by atoms with E-state index in [4.69, 9.17) is 15.0 Å². The molecule has 0 aliphatic heterocycles. The first-order valence-corrected chi connectivity index (χ1v) is 7.49. The second kappa shape index (κ2) is 5.85. The molecule has 2 aromatic rings. The Kier molecular flexibility index (Phi) is 3.92. The molecule has 1 aliphatic carbocycles. The summed E-state index contributed by atoms with van der Waals surface area (Å²) in [6, 6.07) is 4.06. The standard InChI is InChI=1S/C16H21N3O2/c1-10-7-8-13(16-18-14(9-17)21-19-16)15(11(10)2)20-12-5-3-4-6-12/h7-8,12H,3-6,9,17H2,1-2H3. The zero-order chi connectivity index (χ0) is 14.8. The van der Waals surface area contributed by atoms with Crippen LogP contribution in [0.4, 0.5) is 0 Å². The largest absolute Gasteiger partial charge is 0.489 e. The van der Waals surface area contributed by atoms with Gasteiger partial charge in [0.2, 0.25) is 11.7 Å². The molecule has 3 rings (SSSR count). The summed E-state index contributed by atoms with van der Waals surface area (Å²) in [5, 5.41) is 4.02. The molecule has 0 unspecified atom stereocenters. The predicted octanol–water partition coefficient (Wildman–Crippen LogP) is 3.13. The van der Waals surface area contributed by atoms with Gasteiger partial charge in [-0.15, -0.1) is 0 Å². The Morgan fingerprint density at radius 1 is 1.29 bits per heavy atom. The van der Waals surface area contributed by atoms with Crippen molar-refractivity contribution in [1.82, 2.24) is 10.1 Å². The highest BCUT2D eigenvalue weighted by Gasteiger charge is 2.22. The van der Waals surface area contributed by atoms with E-state index in [0.717, 1.165) is 29.7 Å². The quantitative estimate of drug-likeness (QED) is 0.935. The molecule has 1 aliphatic rings. The average Bonchev–Trinajstić information content (AvgIpc) is 3.15. The van der Waals surface area contributed by atoms with Crippen LogP contribution in [0.5, 0.6) is 5.75 Å². The Hall–Kier alpha value is -1.88. The second-order valence-corrected chi connectivity index (χ2v) is 5.62. The fourth-order valence-electron chi connectivity index (χ4n) is 2.74. The van der Waals surface area contributed by atoms with Crippen LogP contribution in [-0.2, 0) is 6.54 Å². The lowest BCUT2D eigenvalue weighted by molar-refractivity contribution is 0.209. The number of rotatable bonds is 4. The van der Waals surface area contributed by atoms with Crippen LogP contribution in [0.2, 0.25) is 0 Å². The van der Waals surface area contributed by atoms with Gasteiger partial charge in [-0.05, 0) is 56.7 Å². The van der Waals surface area contributed by atoms with Gasteiger partial charge in [0.1, 0.15) is 5.75 Å². The van der Waals surface area contributed by atoms with Gasteiger partial charge in [0.05, 0.1) is 18.2 Å². The minimum absolute atomic E-state index is 0.247. The molecule has 5 nitrogen and oxygen atoms in total. The monoisotopic (exact) mass is 287 g/mol. The van der Waals surface area contributed by atoms with Crippen molar-refractivity contribution in [2.75, 3.05) is 0 Å². The van der Waals surface area contributed by atoms with Crippen LogP contribution < -0.4 is 10.5 Å². The highest BCUT2D eigenvalue weighted by atomic mass is 16.5. The van der Waals surface area contributed by atoms with Gasteiger partial charge in [0.15, 0.2) is 0 Å². The molecular weight excluding hydrogens is 266 g/mol. The summed E-state index contributed by atoms with van der Waals surface area (Å²) in [6.45, 7) is 4.41. The number of benzene rings is 1. The number of hydrogen-bond acceptors (Lipinski definition) is 5. The fraction of sp³-hybridized carbons (Fsp3) is 0.500. The summed E-state index contributed by atoms with van der Waals surface area (Å²) in [5.41, 5.74) is 8.76. The number of aryl methyl sites for hydroxylation is 1. The second-order valence-electron chi connectivity index (χ2n) is 5.62. The lowest BCUT2D eigenvalue weighted by Crippen LogP contribution is -2.13. The fourth-order valence-corrected chi connectivity index (χ4v) is 2.74. The van der Waals surface area contributed by atoms with Crippen LogP contribution in [0.15, 0.2) is 16.7 Å². The molecule has 5 heteroatoms. The van der Waals surface area contributed by atoms with Crippen molar-refractivity contribution in [3.05, 3.63) is 29.2 Å². The molecule has 0 atom stereocenters. The van der Waals surface area contributed by atoms with E-state index in [-0.39, 0.29) is 6.54 Å². The maximum Gasteiger partial charge on any atom is 0.240 e. The summed E-state index contributed by atoms with van der Waals surface area (Å²) >= 11 is 0. The first-order valence-electron chi connectivity index (χ1n) is 7.49. The SMILES string of the molecule is Cc1ccc(-c2noc(CN)n2)c(OC2CCCC2)c1C. The number of ether oxygens (including phenoxy) is 1. The minimum Gasteiger partial charge on any atom is -0.489 e. The van der Waals surface area contributed by atoms with Crippen LogP contribution >= 0.6 is 0 Å². The van der Waals surface area contributed by atoms with Crippen LogP contribution in [-0.4, -0.2) is 16.2 Å². The van der Waals surface area contributed by atoms with Crippen molar-refractivity contribution in [3.8, 4) is 17.1 Å². The van der Waals surface area contributed by atoms with E-state index in [9.17, 15) is 0 Å². The number of nitrogens with zero attached hydrogens (tertiary/aromatic N) is 2. The minimum atomic E-state index is 0.247. The zero-order valence-corrected chi connectivity index (χ0v) is 12.6. The van der Waals surface area contributed by atoms with E-state index in [1.54, 1.807) is 0 Å². The number of hydrogen-bond donors (Lipinski definition) is 1. The van der Waals surface area contributed by atoms with Crippen molar-refractivity contribution in [2.45, 2.75) is 52.2 Å². The molecule has 0 spiro atoms. The van der Waals surface area contributed by atoms with Gasteiger partial charge in [-0.25, -0.2) is 0 Å². The summed E-state index contributed by atoms with van der Waals surface area (Å²) in [6.07, 6.45) is 5.01. The molecule has 1 heterocycles. The topological polar surface area (TPSA) is 74.2 Å². The summed E-state index contributed by atoms with van der Waals surface area (Å²) < 4.78 is 11.4. The first kappa shape index (κ1) is 14.1. The van der Waals surface area contributed by atoms with E-state index < -0.39 is 0 Å². The van der Waals surface area contributed by atoms with Gasteiger partial charge in [-0.3, -0.25) is 0 Å². The van der Waals surface area contributed by atoms with E-state index in [0.29, 0.717) is 17.8 Å². The maximum atomic E-state index is 6.26. The average molecular weight is 287 g/mol. The van der Waals surface area contributed by atoms with Crippen LogP contribution in [0.3, 0.4) is 0 Å². The van der Waals surface area contributed by atoms with Crippen molar-refractivity contribution in [1.29, 1.82) is 0 Å². The van der Waals surface area contributed by atoms with Crippen LogP contribution in [0.25, 0.3) is 11.4 Å². The molecule has 1 aromatic carbocycles.